The Hall–Kier alpha value is -4.30. The molecule has 8 nitrogen and oxygen atoms in total. The van der Waals surface area contributed by atoms with E-state index in [1.54, 1.807) is 42.5 Å². The molecule has 1 fully saturated rings. The molecule has 3 heterocycles. The molecule has 0 bridgehead atoms. The highest BCUT2D eigenvalue weighted by Gasteiger charge is 2.69. The van der Waals surface area contributed by atoms with Gasteiger partial charge in [0.2, 0.25) is 5.91 Å². The van der Waals surface area contributed by atoms with Crippen LogP contribution in [0.25, 0.3) is 6.08 Å². The van der Waals surface area contributed by atoms with E-state index in [0.717, 1.165) is 5.56 Å². The van der Waals surface area contributed by atoms with Crippen LogP contribution >= 0.6 is 11.6 Å². The summed E-state index contributed by atoms with van der Waals surface area (Å²) in [6.45, 7) is 1.40. The van der Waals surface area contributed by atoms with Crippen molar-refractivity contribution in [3.8, 4) is 0 Å². The van der Waals surface area contributed by atoms with E-state index in [0.29, 0.717) is 22.0 Å². The van der Waals surface area contributed by atoms with Crippen LogP contribution in [0.2, 0.25) is 5.02 Å². The molecule has 3 aliphatic heterocycles. The number of non-ortho nitro benzene ring substituents is 1. The highest BCUT2D eigenvalue weighted by Crippen LogP contribution is 2.57. The number of benzene rings is 3. The molecule has 0 aliphatic carbocycles. The van der Waals surface area contributed by atoms with Gasteiger partial charge >= 0.3 is 0 Å². The van der Waals surface area contributed by atoms with Crippen LogP contribution in [0, 0.1) is 16.0 Å². The van der Waals surface area contributed by atoms with Gasteiger partial charge in [-0.1, -0.05) is 54.1 Å². The molecule has 184 valence electrons. The Morgan fingerprint density at radius 1 is 1.08 bits per heavy atom. The first-order chi connectivity index (χ1) is 17.7. The van der Waals surface area contributed by atoms with Gasteiger partial charge in [-0.25, -0.2) is 0 Å². The maximum absolute atomic E-state index is 14.3. The minimum absolute atomic E-state index is 0.0714. The number of nitro benzene ring substituents is 1. The molecular weight excluding hydrogens is 494 g/mol. The largest absolute Gasteiger partial charge is 0.352 e. The fourth-order valence-electron chi connectivity index (χ4n) is 6.26. The molecule has 1 amide bonds. The van der Waals surface area contributed by atoms with Crippen LogP contribution in [0.5, 0.6) is 0 Å². The lowest BCUT2D eigenvalue weighted by molar-refractivity contribution is -0.384. The van der Waals surface area contributed by atoms with Crippen LogP contribution < -0.4 is 10.2 Å². The zero-order valence-electron chi connectivity index (χ0n) is 19.6. The highest BCUT2D eigenvalue weighted by atomic mass is 35.5. The number of Topliss-reactive ketones (excluding diaryl/α,β-unsaturated/α-hetero) is 2. The van der Waals surface area contributed by atoms with Crippen LogP contribution in [0.15, 0.2) is 72.8 Å². The normalized spacial score (nSPS) is 24.9. The van der Waals surface area contributed by atoms with Crippen molar-refractivity contribution in [3.05, 3.63) is 105 Å². The lowest BCUT2D eigenvalue weighted by Gasteiger charge is -2.37. The molecule has 3 aromatic rings. The van der Waals surface area contributed by atoms with Crippen molar-refractivity contribution in [2.75, 3.05) is 10.2 Å². The third-order valence-electron chi connectivity index (χ3n) is 7.64. The molecule has 0 aromatic heterocycles. The number of hydrogen-bond acceptors (Lipinski definition) is 6. The number of carbonyl (C=O) groups is 3. The fourth-order valence-corrected chi connectivity index (χ4v) is 6.44. The second-order valence-electron chi connectivity index (χ2n) is 9.49. The predicted molar refractivity (Wildman–Crippen MR) is 139 cm³/mol. The van der Waals surface area contributed by atoms with E-state index in [1.807, 2.05) is 17.1 Å². The molecule has 6 rings (SSSR count). The molecule has 0 unspecified atom stereocenters. The van der Waals surface area contributed by atoms with Crippen LogP contribution in [0.3, 0.4) is 0 Å². The summed E-state index contributed by atoms with van der Waals surface area (Å²) in [6.07, 6.45) is 3.70. The van der Waals surface area contributed by atoms with E-state index in [-0.39, 0.29) is 17.0 Å². The third-order valence-corrected chi connectivity index (χ3v) is 7.87. The van der Waals surface area contributed by atoms with Gasteiger partial charge in [0.25, 0.3) is 5.69 Å². The van der Waals surface area contributed by atoms with E-state index < -0.39 is 40.0 Å². The molecule has 1 saturated heterocycles. The summed E-state index contributed by atoms with van der Waals surface area (Å²) in [6, 6.07) is 16.2. The number of nitro groups is 1. The number of ketones is 2. The standard InChI is InChI=1S/C28H20ClN3O5/c1-15(33)25-24(26(34)17-5-4-6-19(14-17)32(36)37)28(20-7-2-3-8-21(20)30-27(28)35)23-12-9-16-13-18(29)10-11-22(16)31(23)25/h2-14,23-25H,1H3,(H,30,35)/t23-,24-,25+,28+/m0/s1. The Labute approximate surface area is 216 Å². The number of carbonyl (C=O) groups excluding carboxylic acids is 3. The Bertz CT molecular complexity index is 1570. The van der Waals surface area contributed by atoms with Crippen LogP contribution in [0.4, 0.5) is 17.1 Å². The Morgan fingerprint density at radius 2 is 1.86 bits per heavy atom. The Balaban J connectivity index is 1.64. The fraction of sp³-hybridized carbons (Fsp3) is 0.179. The number of para-hydroxylation sites is 1. The summed E-state index contributed by atoms with van der Waals surface area (Å²) in [4.78, 5) is 54.4. The predicted octanol–water partition coefficient (Wildman–Crippen LogP) is 4.81. The van der Waals surface area contributed by atoms with Gasteiger partial charge in [-0.15, -0.1) is 0 Å². The highest BCUT2D eigenvalue weighted by molar-refractivity contribution is 6.31. The number of hydrogen-bond donors (Lipinski definition) is 1. The van der Waals surface area contributed by atoms with Crippen molar-refractivity contribution in [1.29, 1.82) is 0 Å². The molecule has 0 saturated carbocycles. The van der Waals surface area contributed by atoms with Gasteiger partial charge in [0.1, 0.15) is 5.41 Å². The second-order valence-corrected chi connectivity index (χ2v) is 9.92. The van der Waals surface area contributed by atoms with Crippen LogP contribution in [0.1, 0.15) is 28.4 Å². The van der Waals surface area contributed by atoms with Crippen molar-refractivity contribution in [3.63, 3.8) is 0 Å². The first kappa shape index (κ1) is 23.1. The smallest absolute Gasteiger partial charge is 0.270 e. The van der Waals surface area contributed by atoms with Crippen molar-refractivity contribution in [2.45, 2.75) is 24.4 Å². The number of halogens is 1. The average molecular weight is 514 g/mol. The molecule has 4 atom stereocenters. The van der Waals surface area contributed by atoms with Crippen molar-refractivity contribution >= 4 is 52.2 Å². The minimum atomic E-state index is -1.44. The monoisotopic (exact) mass is 513 g/mol. The zero-order chi connectivity index (χ0) is 26.1. The van der Waals surface area contributed by atoms with Gasteiger partial charge in [-0.2, -0.15) is 0 Å². The topological polar surface area (TPSA) is 110 Å². The number of fused-ring (bicyclic) bond motifs is 6. The van der Waals surface area contributed by atoms with Crippen molar-refractivity contribution < 1.29 is 19.3 Å². The van der Waals surface area contributed by atoms with Gasteiger partial charge in [0, 0.05) is 34.1 Å². The lowest BCUT2D eigenvalue weighted by atomic mass is 9.64. The summed E-state index contributed by atoms with van der Waals surface area (Å²) >= 11 is 6.24. The molecule has 3 aromatic carbocycles. The number of nitrogens with one attached hydrogen (secondary N) is 1. The maximum Gasteiger partial charge on any atom is 0.270 e. The molecule has 37 heavy (non-hydrogen) atoms. The SMILES string of the molecule is CC(=O)[C@@H]1[C@@H](C(=O)c2cccc([N+](=O)[O-])c2)[C@]2(C(=O)Nc3ccccc32)[C@@H]2C=Cc3cc(Cl)ccc3N12. The van der Waals surface area contributed by atoms with E-state index in [4.69, 9.17) is 11.6 Å². The van der Waals surface area contributed by atoms with Gasteiger partial charge in [-0.05, 0) is 42.3 Å². The van der Waals surface area contributed by atoms with Crippen LogP contribution in [-0.4, -0.2) is 34.5 Å². The van der Waals surface area contributed by atoms with Gasteiger partial charge in [0.15, 0.2) is 11.6 Å². The molecule has 1 spiro atoms. The summed E-state index contributed by atoms with van der Waals surface area (Å²) in [5.74, 6) is -2.33. The lowest BCUT2D eigenvalue weighted by Crippen LogP contribution is -2.51. The van der Waals surface area contributed by atoms with Gasteiger partial charge < -0.3 is 10.2 Å². The van der Waals surface area contributed by atoms with E-state index in [9.17, 15) is 24.5 Å². The number of rotatable bonds is 4. The van der Waals surface area contributed by atoms with Crippen molar-refractivity contribution in [1.82, 2.24) is 0 Å². The van der Waals surface area contributed by atoms with E-state index in [2.05, 4.69) is 5.32 Å². The van der Waals surface area contributed by atoms with Gasteiger partial charge in [-0.3, -0.25) is 24.5 Å². The molecule has 9 heteroatoms. The number of anilines is 2. The minimum Gasteiger partial charge on any atom is -0.352 e. The molecule has 0 radical (unpaired) electrons. The van der Waals surface area contributed by atoms with Crippen molar-refractivity contribution in [2.24, 2.45) is 5.92 Å². The van der Waals surface area contributed by atoms with E-state index >= 15 is 0 Å². The second kappa shape index (κ2) is 8.11. The van der Waals surface area contributed by atoms with Crippen LogP contribution in [-0.2, 0) is 15.0 Å². The first-order valence-electron chi connectivity index (χ1n) is 11.7. The summed E-state index contributed by atoms with van der Waals surface area (Å²) in [5.41, 5.74) is 1.02. The number of amides is 1. The van der Waals surface area contributed by atoms with Gasteiger partial charge in [0.05, 0.1) is 22.9 Å². The Kier molecular flexibility index (Phi) is 5.07. The molecular formula is C28H20ClN3O5. The summed E-state index contributed by atoms with van der Waals surface area (Å²) in [7, 11) is 0. The Morgan fingerprint density at radius 3 is 2.62 bits per heavy atom. The molecule has 3 aliphatic rings. The third kappa shape index (κ3) is 3.12. The molecule has 1 N–H and O–H groups in total. The maximum atomic E-state index is 14.3. The quantitative estimate of drug-likeness (QED) is 0.304. The average Bonchev–Trinajstić information content (AvgIpc) is 3.36. The number of nitrogens with zero attached hydrogens (tertiary/aromatic N) is 2. The summed E-state index contributed by atoms with van der Waals surface area (Å²) < 4.78 is 0. The zero-order valence-corrected chi connectivity index (χ0v) is 20.3. The van der Waals surface area contributed by atoms with E-state index in [1.165, 1.54) is 31.2 Å². The first-order valence-corrected chi connectivity index (χ1v) is 12.1. The summed E-state index contributed by atoms with van der Waals surface area (Å²) in [5, 5.41) is 14.9.